The summed E-state index contributed by atoms with van der Waals surface area (Å²) in [5.74, 6) is -9.25. The molecule has 12 atom stereocenters. The van der Waals surface area contributed by atoms with Gasteiger partial charge < -0.3 is 67.3 Å². The van der Waals surface area contributed by atoms with Gasteiger partial charge in [-0.1, -0.05) is 160 Å². The fourth-order valence-electron chi connectivity index (χ4n) is 11.3. The minimum Gasteiger partial charge on any atom is -0.450 e. The van der Waals surface area contributed by atoms with Crippen LogP contribution in [0.3, 0.4) is 0 Å². The van der Waals surface area contributed by atoms with Crippen molar-refractivity contribution >= 4 is 114 Å². The number of ether oxygens (including phenoxy) is 1. The summed E-state index contributed by atoms with van der Waals surface area (Å²) in [5, 5.41) is 19.6. The smallest absolute Gasteiger partial charge is 0.329 e. The quantitative estimate of drug-likeness (QED) is 0.0291. The molecule has 25 nitrogen and oxygen atoms in total. The van der Waals surface area contributed by atoms with Gasteiger partial charge in [0.1, 0.15) is 60.4 Å². The fraction of sp³-hybridized carbons (Fsp3) is 0.600. The van der Waals surface area contributed by atoms with Crippen LogP contribution < -0.4 is 43.0 Å². The number of thiol groups is 2. The molecule has 1 unspecified atom stereocenters. The SMILES string of the molecule is CC(C)C[C@@H]1NC(=O)[C@H](CCCCNC(=O)[C@@H](N)C[S](S)C(C)(C)C)NC(=O)[C@H](Cc2ccccc2)NC(=O)C(C[S](S)C(C)(C)C)OC(=O)[C@H](Cc2ccccc2)NC(=O)[C@H](C)NC(=O)[C@H](C)N(C)C(=O)[C@H](Cc2ccccc2)N(C)C(=O)[C@H](C)NC(=O)[C@H](CC(C)C)N(C)C(=O)[C@H](C)N(C)C1=O. The molecule has 0 aromatic heterocycles. The zero-order valence-corrected chi connectivity index (χ0v) is 67.3. The van der Waals surface area contributed by atoms with Crippen LogP contribution in [0.1, 0.15) is 146 Å². The van der Waals surface area contributed by atoms with Crippen molar-refractivity contribution in [1.82, 2.24) is 56.8 Å². The Kier molecular flexibility index (Phi) is 35.6. The Hall–Kier alpha value is -7.34. The van der Waals surface area contributed by atoms with Crippen LogP contribution in [0.25, 0.3) is 0 Å². The first kappa shape index (κ1) is 89.1. The summed E-state index contributed by atoms with van der Waals surface area (Å²) in [5.41, 5.74) is 8.16. The lowest BCUT2D eigenvalue weighted by Crippen LogP contribution is -2.60. The molecule has 104 heavy (non-hydrogen) atoms. The minimum absolute atomic E-state index is 0.0234. The molecule has 4 rings (SSSR count). The van der Waals surface area contributed by atoms with Gasteiger partial charge in [-0.15, -0.1) is 43.2 Å². The number of nitrogens with two attached hydrogens (primary N) is 1. The molecular formula is C75H116N12O13S4. The number of rotatable bonds is 20. The zero-order chi connectivity index (χ0) is 78.2. The van der Waals surface area contributed by atoms with Gasteiger partial charge in [-0.3, -0.25) is 52.7 Å². The molecule has 578 valence electrons. The highest BCUT2D eigenvalue weighted by atomic mass is 33.1. The number of nitrogens with one attached hydrogen (secondary N) is 7. The van der Waals surface area contributed by atoms with Crippen molar-refractivity contribution in [2.75, 3.05) is 46.2 Å². The zero-order valence-electron chi connectivity index (χ0n) is 63.9. The van der Waals surface area contributed by atoms with Crippen molar-refractivity contribution in [2.24, 2.45) is 17.6 Å². The maximum Gasteiger partial charge on any atom is 0.329 e. The molecule has 0 saturated carbocycles. The second-order valence-electron chi connectivity index (χ2n) is 29.8. The van der Waals surface area contributed by atoms with Gasteiger partial charge in [-0.05, 0) is 88.3 Å². The van der Waals surface area contributed by atoms with Gasteiger partial charge in [0.2, 0.25) is 59.1 Å². The molecule has 1 aliphatic rings. The summed E-state index contributed by atoms with van der Waals surface area (Å²) in [6.07, 6.45) is -1.32. The number of nitrogens with zero attached hydrogens (tertiary/aromatic N) is 4. The Morgan fingerprint density at radius 3 is 1.46 bits per heavy atom. The van der Waals surface area contributed by atoms with Crippen LogP contribution in [-0.4, -0.2) is 219 Å². The topological polar surface area (TPSA) is 337 Å². The highest BCUT2D eigenvalue weighted by Crippen LogP contribution is 2.46. The summed E-state index contributed by atoms with van der Waals surface area (Å²) in [4.78, 5) is 181. The van der Waals surface area contributed by atoms with Gasteiger partial charge in [0.05, 0.1) is 6.04 Å². The predicted molar refractivity (Wildman–Crippen MR) is 417 cm³/mol. The van der Waals surface area contributed by atoms with Crippen LogP contribution in [0.2, 0.25) is 0 Å². The largest absolute Gasteiger partial charge is 0.450 e. The molecule has 9 N–H and O–H groups in total. The summed E-state index contributed by atoms with van der Waals surface area (Å²) < 4.78 is 5.42. The van der Waals surface area contributed by atoms with Gasteiger partial charge in [0.25, 0.3) is 5.91 Å². The maximum absolute atomic E-state index is 15.3. The van der Waals surface area contributed by atoms with Gasteiger partial charge in [0, 0.05) is 75.0 Å². The lowest BCUT2D eigenvalue weighted by Gasteiger charge is -2.36. The maximum atomic E-state index is 15.3. The average Bonchev–Trinajstić information content (AvgIpc) is 0.827. The van der Waals surface area contributed by atoms with Crippen LogP contribution in [-0.2, 0) is 81.5 Å². The second kappa shape index (κ2) is 41.5. The third-order valence-corrected chi connectivity index (χ3v) is 26.5. The molecule has 3 aromatic carbocycles. The number of hydrogen-bond acceptors (Lipinski definition) is 16. The summed E-state index contributed by atoms with van der Waals surface area (Å²) in [6.45, 7) is 25.0. The molecule has 1 aliphatic heterocycles. The van der Waals surface area contributed by atoms with E-state index in [1.54, 1.807) is 91.0 Å². The number of cyclic esters (lactones) is 1. The normalized spacial score (nSPS) is 24.2. The van der Waals surface area contributed by atoms with Crippen LogP contribution in [0, 0.1) is 11.8 Å². The van der Waals surface area contributed by atoms with E-state index in [-0.39, 0.29) is 73.8 Å². The molecule has 29 heteroatoms. The Labute approximate surface area is 631 Å². The Bertz CT molecular complexity index is 3380. The molecule has 2 radical (unpaired) electrons. The van der Waals surface area contributed by atoms with E-state index in [1.165, 1.54) is 70.6 Å². The number of carbonyl (C=O) groups excluding carboxylic acids is 12. The Morgan fingerprint density at radius 1 is 0.490 bits per heavy atom. The molecule has 1 heterocycles. The molecule has 11 amide bonds. The van der Waals surface area contributed by atoms with E-state index in [0.29, 0.717) is 28.9 Å². The van der Waals surface area contributed by atoms with Crippen LogP contribution >= 0.6 is 43.2 Å². The average molecular weight is 1520 g/mol. The first-order valence-electron chi connectivity index (χ1n) is 35.6. The number of carbonyl (C=O) groups is 12. The molecule has 0 bridgehead atoms. The Morgan fingerprint density at radius 2 is 0.942 bits per heavy atom. The van der Waals surface area contributed by atoms with Crippen molar-refractivity contribution < 1.29 is 62.3 Å². The van der Waals surface area contributed by atoms with E-state index in [9.17, 15) is 43.2 Å². The van der Waals surface area contributed by atoms with Gasteiger partial charge >= 0.3 is 5.97 Å². The third kappa shape index (κ3) is 27.9. The van der Waals surface area contributed by atoms with E-state index < -0.39 is 168 Å². The van der Waals surface area contributed by atoms with Gasteiger partial charge in [-0.2, -0.15) is 0 Å². The number of amides is 11. The molecule has 1 saturated heterocycles. The molecule has 0 spiro atoms. The van der Waals surface area contributed by atoms with Crippen molar-refractivity contribution in [2.45, 2.75) is 230 Å². The first-order valence-corrected chi connectivity index (χ1v) is 40.5. The van der Waals surface area contributed by atoms with Crippen LogP contribution in [0.15, 0.2) is 91.0 Å². The third-order valence-electron chi connectivity index (χ3n) is 18.2. The number of esters is 1. The Balaban J connectivity index is 1.92. The van der Waals surface area contributed by atoms with Crippen molar-refractivity contribution in [3.63, 3.8) is 0 Å². The van der Waals surface area contributed by atoms with Crippen molar-refractivity contribution in [3.05, 3.63) is 108 Å². The van der Waals surface area contributed by atoms with E-state index in [2.05, 4.69) is 37.2 Å². The van der Waals surface area contributed by atoms with E-state index >= 15 is 14.4 Å². The fourth-order valence-corrected chi connectivity index (χ4v) is 14.1. The molecule has 0 aliphatic carbocycles. The standard InChI is InChI=1S/C75H116N12O13S4/c1-45(2)38-57-71(97)85(16)50(8)70(96)86(17)59(39-46(3)4)67(93)79-48(6)69(95)87(18)60(42-53-34-26-21-27-35-53)72(98)84(15)49(7)63(89)78-47(5)62(88)83-58(41-52-32-24-20-25-33-52)73(99)100-61(44-104(102)75(12,13)14)68(94)81-56(40-51-30-22-19-23-31-51)66(92)80-55(65(91)82-57)36-28-29-37-77-64(90)54(76)43-103(101)74(9,10)11/h19-27,30-35,45-50,54-61,101-102H,28-29,36-44,76H2,1-18H3,(H,77,90)(H,78,89)(H,79,93)(H,80,92)(H,81,94)(H,82,91)(H,83,88)/t47-,48-,49-,50-,54-,55-,56-,57-,58-,59-,60-,61?/m0/s1. The number of unbranched alkanes of at least 4 members (excludes halogenated alkanes) is 1. The van der Waals surface area contributed by atoms with E-state index in [0.717, 1.165) is 4.90 Å². The first-order chi connectivity index (χ1) is 48.5. The monoisotopic (exact) mass is 1520 g/mol. The summed E-state index contributed by atoms with van der Waals surface area (Å²) >= 11 is 9.61. The number of likely N-dealkylation sites (N-methyl/N-ethyl adjacent to an activating group) is 4. The molecule has 1 fully saturated rings. The number of hydrogen-bond donors (Lipinski definition) is 10. The highest BCUT2D eigenvalue weighted by molar-refractivity contribution is 8.79. The lowest BCUT2D eigenvalue weighted by atomic mass is 9.99. The van der Waals surface area contributed by atoms with Gasteiger partial charge in [-0.25, -0.2) is 4.79 Å². The van der Waals surface area contributed by atoms with Gasteiger partial charge in [0.15, 0.2) is 6.10 Å². The predicted octanol–water partition coefficient (Wildman–Crippen LogP) is 5.47. The summed E-state index contributed by atoms with van der Waals surface area (Å²) in [6, 6.07) is 12.2. The van der Waals surface area contributed by atoms with Crippen molar-refractivity contribution in [1.29, 1.82) is 0 Å². The minimum atomic E-state index is -1.65. The molecule has 3 aromatic rings. The van der Waals surface area contributed by atoms with E-state index in [4.69, 9.17) is 33.8 Å². The highest BCUT2D eigenvalue weighted by Gasteiger charge is 2.42. The van der Waals surface area contributed by atoms with Crippen molar-refractivity contribution in [3.8, 4) is 0 Å². The van der Waals surface area contributed by atoms with E-state index in [1.807, 2.05) is 69.2 Å². The second-order valence-corrected chi connectivity index (χ2v) is 37.0. The summed E-state index contributed by atoms with van der Waals surface area (Å²) in [7, 11) is 4.14. The molecular weight excluding hydrogens is 1410 g/mol. The van der Waals surface area contributed by atoms with Crippen LogP contribution in [0.4, 0.5) is 0 Å². The number of benzene rings is 3. The lowest BCUT2D eigenvalue weighted by molar-refractivity contribution is -0.157. The van der Waals surface area contributed by atoms with Crippen LogP contribution in [0.5, 0.6) is 0 Å².